The molecule has 0 spiro atoms. The monoisotopic (exact) mass is 235 g/mol. The van der Waals surface area contributed by atoms with Crippen LogP contribution in [-0.4, -0.2) is 14.9 Å². The minimum absolute atomic E-state index is 0.126. The van der Waals surface area contributed by atoms with Gasteiger partial charge in [-0.3, -0.25) is 15.1 Å². The van der Waals surface area contributed by atoms with E-state index in [9.17, 15) is 10.1 Å². The molecule has 0 N–H and O–H groups in total. The molecule has 16 heavy (non-hydrogen) atoms. The first-order valence-electron chi connectivity index (χ1n) is 4.77. The van der Waals surface area contributed by atoms with Gasteiger partial charge in [-0.05, 0) is 29.9 Å². The van der Waals surface area contributed by atoms with Crippen LogP contribution in [0.4, 0.5) is 5.00 Å². The van der Waals surface area contributed by atoms with Crippen LogP contribution in [0.25, 0.3) is 10.6 Å². The lowest BCUT2D eigenvalue weighted by Crippen LogP contribution is -1.89. The molecule has 6 heteroatoms. The first kappa shape index (κ1) is 10.7. The van der Waals surface area contributed by atoms with Gasteiger partial charge >= 0.3 is 5.00 Å². The van der Waals surface area contributed by atoms with Crippen molar-refractivity contribution in [1.29, 1.82) is 0 Å². The molecule has 0 aliphatic heterocycles. The maximum absolute atomic E-state index is 10.8. The Labute approximate surface area is 96.0 Å². The van der Waals surface area contributed by atoms with Crippen LogP contribution in [0, 0.1) is 10.1 Å². The van der Waals surface area contributed by atoms with E-state index in [4.69, 9.17) is 0 Å². The number of aromatic nitrogens is 2. The van der Waals surface area contributed by atoms with Gasteiger partial charge in [0.2, 0.25) is 0 Å². The summed E-state index contributed by atoms with van der Waals surface area (Å²) in [7, 11) is 0. The van der Waals surface area contributed by atoms with E-state index in [1.54, 1.807) is 18.5 Å². The van der Waals surface area contributed by atoms with Gasteiger partial charge in [0, 0.05) is 18.0 Å². The van der Waals surface area contributed by atoms with Crippen molar-refractivity contribution in [3.63, 3.8) is 0 Å². The second-order valence-electron chi connectivity index (χ2n) is 3.12. The maximum atomic E-state index is 10.8. The number of hydrogen-bond donors (Lipinski definition) is 0. The van der Waals surface area contributed by atoms with Crippen LogP contribution < -0.4 is 0 Å². The third kappa shape index (κ3) is 1.92. The molecule has 0 aliphatic carbocycles. The molecule has 0 aromatic carbocycles. The molecule has 2 rings (SSSR count). The molecule has 5 nitrogen and oxygen atoms in total. The summed E-state index contributed by atoms with van der Waals surface area (Å²) in [4.78, 5) is 18.6. The van der Waals surface area contributed by atoms with E-state index in [2.05, 4.69) is 9.97 Å². The molecule has 0 amide bonds. The largest absolute Gasteiger partial charge is 0.347 e. The van der Waals surface area contributed by atoms with Gasteiger partial charge in [-0.1, -0.05) is 6.92 Å². The second-order valence-corrected chi connectivity index (χ2v) is 4.10. The highest BCUT2D eigenvalue weighted by Crippen LogP contribution is 2.33. The van der Waals surface area contributed by atoms with Gasteiger partial charge in [0.1, 0.15) is 10.7 Å². The van der Waals surface area contributed by atoms with Crippen molar-refractivity contribution in [3.8, 4) is 10.6 Å². The molecule has 0 unspecified atom stereocenters. The first-order chi connectivity index (χ1) is 7.72. The number of aryl methyl sites for hydroxylation is 1. The Morgan fingerprint density at radius 1 is 1.56 bits per heavy atom. The molecule has 0 fully saturated rings. The predicted molar refractivity (Wildman–Crippen MR) is 61.4 cm³/mol. The molecule has 0 bridgehead atoms. The van der Waals surface area contributed by atoms with Crippen molar-refractivity contribution in [2.45, 2.75) is 13.3 Å². The summed E-state index contributed by atoms with van der Waals surface area (Å²) in [5, 5.41) is 11.6. The number of nitro groups is 1. The zero-order chi connectivity index (χ0) is 11.5. The van der Waals surface area contributed by atoms with E-state index in [1.807, 2.05) is 13.0 Å². The van der Waals surface area contributed by atoms with Crippen LogP contribution in [0.5, 0.6) is 0 Å². The molecule has 2 aromatic heterocycles. The van der Waals surface area contributed by atoms with Crippen LogP contribution in [0.1, 0.15) is 12.6 Å². The Morgan fingerprint density at radius 3 is 2.88 bits per heavy atom. The molecule has 0 atom stereocenters. The molecule has 0 saturated heterocycles. The molecular formula is C10H9N3O2S. The fourth-order valence-electron chi connectivity index (χ4n) is 1.33. The number of thiazole rings is 1. The number of hydrogen-bond acceptors (Lipinski definition) is 5. The van der Waals surface area contributed by atoms with Gasteiger partial charge in [0.05, 0.1) is 4.92 Å². The van der Waals surface area contributed by atoms with Gasteiger partial charge < -0.3 is 0 Å². The standard InChI is InChI=1S/C10H9N3O2S/c1-2-8-10(13(14)15)16-9(12-8)7-4-3-5-11-6-7/h3-6H,2H2,1H3. The van der Waals surface area contributed by atoms with Crippen LogP contribution in [0.3, 0.4) is 0 Å². The second kappa shape index (κ2) is 4.36. The summed E-state index contributed by atoms with van der Waals surface area (Å²) >= 11 is 1.10. The molecule has 82 valence electrons. The summed E-state index contributed by atoms with van der Waals surface area (Å²) in [5.41, 5.74) is 1.35. The number of nitrogens with zero attached hydrogens (tertiary/aromatic N) is 3. The molecule has 0 saturated carbocycles. The third-order valence-corrected chi connectivity index (χ3v) is 3.18. The quantitative estimate of drug-likeness (QED) is 0.605. The molecule has 0 aliphatic rings. The predicted octanol–water partition coefficient (Wildman–Crippen LogP) is 2.68. The Balaban J connectivity index is 2.48. The van der Waals surface area contributed by atoms with E-state index >= 15 is 0 Å². The highest BCUT2D eigenvalue weighted by atomic mass is 32.1. The van der Waals surface area contributed by atoms with Crippen LogP contribution in [0.2, 0.25) is 0 Å². The van der Waals surface area contributed by atoms with Crippen LogP contribution in [0.15, 0.2) is 24.5 Å². The van der Waals surface area contributed by atoms with Gasteiger partial charge in [0.25, 0.3) is 0 Å². The summed E-state index contributed by atoms with van der Waals surface area (Å²) < 4.78 is 0. The minimum Gasteiger partial charge on any atom is -0.264 e. The fraction of sp³-hybridized carbons (Fsp3) is 0.200. The van der Waals surface area contributed by atoms with Crippen molar-refractivity contribution in [2.24, 2.45) is 0 Å². The molecular weight excluding hydrogens is 226 g/mol. The van der Waals surface area contributed by atoms with Gasteiger partial charge in [-0.2, -0.15) is 0 Å². The van der Waals surface area contributed by atoms with Crippen molar-refractivity contribution in [3.05, 3.63) is 40.3 Å². The fourth-order valence-corrected chi connectivity index (χ4v) is 2.29. The average molecular weight is 235 g/mol. The Hall–Kier alpha value is -1.82. The highest BCUT2D eigenvalue weighted by Gasteiger charge is 2.20. The van der Waals surface area contributed by atoms with Gasteiger partial charge in [-0.25, -0.2) is 4.98 Å². The Kier molecular flexibility index (Phi) is 2.91. The van der Waals surface area contributed by atoms with Crippen molar-refractivity contribution < 1.29 is 4.92 Å². The molecule has 0 radical (unpaired) electrons. The topological polar surface area (TPSA) is 68.9 Å². The van der Waals surface area contributed by atoms with E-state index in [-0.39, 0.29) is 9.92 Å². The van der Waals surface area contributed by atoms with Crippen molar-refractivity contribution in [1.82, 2.24) is 9.97 Å². The summed E-state index contributed by atoms with van der Waals surface area (Å²) in [6.07, 6.45) is 3.88. The average Bonchev–Trinajstić information content (AvgIpc) is 2.74. The van der Waals surface area contributed by atoms with Crippen LogP contribution in [-0.2, 0) is 6.42 Å². The Bertz CT molecular complexity index is 510. The molecule has 2 heterocycles. The lowest BCUT2D eigenvalue weighted by molar-refractivity contribution is -0.381. The van der Waals surface area contributed by atoms with Crippen LogP contribution >= 0.6 is 11.3 Å². The van der Waals surface area contributed by atoms with E-state index in [1.165, 1.54) is 0 Å². The third-order valence-electron chi connectivity index (χ3n) is 2.09. The molecule has 2 aromatic rings. The van der Waals surface area contributed by atoms with Crippen molar-refractivity contribution in [2.75, 3.05) is 0 Å². The van der Waals surface area contributed by atoms with E-state index in [0.29, 0.717) is 17.1 Å². The van der Waals surface area contributed by atoms with Gasteiger partial charge in [-0.15, -0.1) is 0 Å². The minimum atomic E-state index is -0.379. The van der Waals surface area contributed by atoms with E-state index < -0.39 is 0 Å². The van der Waals surface area contributed by atoms with Gasteiger partial charge in [0.15, 0.2) is 0 Å². The first-order valence-corrected chi connectivity index (χ1v) is 5.58. The lowest BCUT2D eigenvalue weighted by Gasteiger charge is -1.91. The maximum Gasteiger partial charge on any atom is 0.347 e. The summed E-state index contributed by atoms with van der Waals surface area (Å²) in [6.45, 7) is 1.86. The normalized spacial score (nSPS) is 10.3. The SMILES string of the molecule is CCc1nc(-c2cccnc2)sc1[N+](=O)[O-]. The highest BCUT2D eigenvalue weighted by molar-refractivity contribution is 7.18. The zero-order valence-corrected chi connectivity index (χ0v) is 9.40. The number of pyridine rings is 1. The summed E-state index contributed by atoms with van der Waals surface area (Å²) in [5.74, 6) is 0. The smallest absolute Gasteiger partial charge is 0.264 e. The summed E-state index contributed by atoms with van der Waals surface area (Å²) in [6, 6.07) is 3.63. The zero-order valence-electron chi connectivity index (χ0n) is 8.58. The van der Waals surface area contributed by atoms with E-state index in [0.717, 1.165) is 16.9 Å². The Morgan fingerprint density at radius 2 is 2.38 bits per heavy atom. The number of rotatable bonds is 3. The van der Waals surface area contributed by atoms with Crippen molar-refractivity contribution >= 4 is 16.3 Å². The lowest BCUT2D eigenvalue weighted by atomic mass is 10.3.